The molecule has 2 heterocycles. The van der Waals surface area contributed by atoms with E-state index in [4.69, 9.17) is 46.4 Å². The molecule has 0 unspecified atom stereocenters. The van der Waals surface area contributed by atoms with Crippen molar-refractivity contribution in [3.05, 3.63) is 50.3 Å². The smallest absolute Gasteiger partial charge is 0.343 e. The van der Waals surface area contributed by atoms with Crippen LogP contribution in [0.3, 0.4) is 0 Å². The molecule has 0 radical (unpaired) electrons. The third-order valence-electron chi connectivity index (χ3n) is 3.15. The van der Waals surface area contributed by atoms with Crippen LogP contribution in [0.15, 0.2) is 24.4 Å². The van der Waals surface area contributed by atoms with Crippen LogP contribution in [0, 0.1) is 0 Å². The lowest BCUT2D eigenvalue weighted by molar-refractivity contribution is 0.0602. The summed E-state index contributed by atoms with van der Waals surface area (Å²) in [5.74, 6) is -0.586. The van der Waals surface area contributed by atoms with E-state index in [9.17, 15) is 4.79 Å². The van der Waals surface area contributed by atoms with E-state index in [0.717, 1.165) is 0 Å². The zero-order valence-electron chi connectivity index (χ0n) is 11.5. The third-order valence-corrected chi connectivity index (χ3v) is 4.32. The van der Waals surface area contributed by atoms with Gasteiger partial charge in [0.15, 0.2) is 5.65 Å². The molecule has 0 N–H and O–H groups in total. The summed E-state index contributed by atoms with van der Waals surface area (Å²) in [6, 6.07) is 4.90. The molecule has 0 atom stereocenters. The summed E-state index contributed by atoms with van der Waals surface area (Å²) in [6.45, 7) is 0. The lowest BCUT2D eigenvalue weighted by Gasteiger charge is -2.10. The Morgan fingerprint density at radius 1 is 1.22 bits per heavy atom. The van der Waals surface area contributed by atoms with Crippen molar-refractivity contribution >= 4 is 58.0 Å². The largest absolute Gasteiger partial charge is 0.465 e. The maximum Gasteiger partial charge on any atom is 0.343 e. The van der Waals surface area contributed by atoms with Gasteiger partial charge in [0.2, 0.25) is 0 Å². The Hall–Kier alpha value is -1.53. The zero-order chi connectivity index (χ0) is 16.7. The van der Waals surface area contributed by atoms with Gasteiger partial charge in [-0.25, -0.2) is 14.3 Å². The van der Waals surface area contributed by atoms with Crippen molar-refractivity contribution in [3.8, 4) is 11.1 Å². The highest BCUT2D eigenvalue weighted by Crippen LogP contribution is 2.39. The van der Waals surface area contributed by atoms with E-state index >= 15 is 0 Å². The topological polar surface area (TPSA) is 56.5 Å². The number of halogens is 4. The van der Waals surface area contributed by atoms with E-state index in [-0.39, 0.29) is 21.5 Å². The molecule has 2 aromatic heterocycles. The first-order valence-corrected chi connectivity index (χ1v) is 7.71. The van der Waals surface area contributed by atoms with E-state index in [0.29, 0.717) is 21.2 Å². The SMILES string of the molecule is COC(=O)c1cnn2c(Cl)c(-c3ccc(Cl)cc3Cl)c(Cl)nc12. The van der Waals surface area contributed by atoms with Crippen LogP contribution in [0.5, 0.6) is 0 Å². The van der Waals surface area contributed by atoms with Gasteiger partial charge in [0.25, 0.3) is 0 Å². The van der Waals surface area contributed by atoms with Gasteiger partial charge in [-0.15, -0.1) is 0 Å². The van der Waals surface area contributed by atoms with E-state index in [1.54, 1.807) is 18.2 Å². The highest BCUT2D eigenvalue weighted by Gasteiger charge is 2.22. The van der Waals surface area contributed by atoms with Gasteiger partial charge in [-0.05, 0) is 12.1 Å². The maximum absolute atomic E-state index is 11.7. The number of hydrogen-bond donors (Lipinski definition) is 0. The minimum atomic E-state index is -0.586. The normalized spacial score (nSPS) is 11.0. The molecule has 0 fully saturated rings. The fraction of sp³-hybridized carbons (Fsp3) is 0.0714. The first-order valence-electron chi connectivity index (χ1n) is 6.20. The van der Waals surface area contributed by atoms with Crippen LogP contribution in [0.2, 0.25) is 20.4 Å². The van der Waals surface area contributed by atoms with Crippen LogP contribution >= 0.6 is 46.4 Å². The van der Waals surface area contributed by atoms with Gasteiger partial charge in [-0.1, -0.05) is 52.5 Å². The van der Waals surface area contributed by atoms with Gasteiger partial charge in [0, 0.05) is 10.6 Å². The Morgan fingerprint density at radius 2 is 1.96 bits per heavy atom. The molecule has 0 spiro atoms. The molecule has 0 amide bonds. The first kappa shape index (κ1) is 16.3. The number of benzene rings is 1. The van der Waals surface area contributed by atoms with Crippen LogP contribution in [0.25, 0.3) is 16.8 Å². The molecule has 3 aromatic rings. The highest BCUT2D eigenvalue weighted by molar-refractivity contribution is 6.41. The van der Waals surface area contributed by atoms with Crippen molar-refractivity contribution in [1.82, 2.24) is 14.6 Å². The molecule has 118 valence electrons. The molecule has 9 heteroatoms. The fourth-order valence-electron chi connectivity index (χ4n) is 2.10. The van der Waals surface area contributed by atoms with Gasteiger partial charge in [0.1, 0.15) is 15.9 Å². The number of rotatable bonds is 2. The molecule has 0 saturated heterocycles. The standard InChI is InChI=1S/C14H7Cl4N3O2/c1-23-14(22)8-5-19-21-12(18)10(11(17)20-13(8)21)7-3-2-6(15)4-9(7)16/h2-5H,1H3. The van der Waals surface area contributed by atoms with Crippen molar-refractivity contribution in [1.29, 1.82) is 0 Å². The van der Waals surface area contributed by atoms with Crippen LogP contribution < -0.4 is 0 Å². The average Bonchev–Trinajstić information content (AvgIpc) is 2.92. The average molecular weight is 391 g/mol. The molecule has 23 heavy (non-hydrogen) atoms. The molecule has 0 aliphatic heterocycles. The molecular formula is C14H7Cl4N3O2. The van der Waals surface area contributed by atoms with Crippen LogP contribution in [-0.4, -0.2) is 27.7 Å². The van der Waals surface area contributed by atoms with Gasteiger partial charge in [-0.2, -0.15) is 5.10 Å². The first-order chi connectivity index (χ1) is 10.9. The van der Waals surface area contributed by atoms with Crippen LogP contribution in [-0.2, 0) is 4.74 Å². The second kappa shape index (κ2) is 6.17. The molecule has 5 nitrogen and oxygen atoms in total. The Balaban J connectivity index is 2.30. The molecule has 0 saturated carbocycles. The van der Waals surface area contributed by atoms with E-state index in [2.05, 4.69) is 14.8 Å². The zero-order valence-corrected chi connectivity index (χ0v) is 14.5. The fourth-order valence-corrected chi connectivity index (χ4v) is 3.24. The second-order valence-corrected chi connectivity index (χ2v) is 6.04. The highest BCUT2D eigenvalue weighted by atomic mass is 35.5. The number of aromatic nitrogens is 3. The molecule has 0 aliphatic carbocycles. The minimum Gasteiger partial charge on any atom is -0.465 e. The molecule has 1 aromatic carbocycles. The number of esters is 1. The lowest BCUT2D eigenvalue weighted by Crippen LogP contribution is -2.03. The Labute approximate surface area is 150 Å². The van der Waals surface area contributed by atoms with Crippen molar-refractivity contribution in [2.75, 3.05) is 7.11 Å². The Morgan fingerprint density at radius 3 is 2.61 bits per heavy atom. The second-order valence-electron chi connectivity index (χ2n) is 4.48. The lowest BCUT2D eigenvalue weighted by atomic mass is 10.1. The number of ether oxygens (including phenoxy) is 1. The maximum atomic E-state index is 11.7. The minimum absolute atomic E-state index is 0.0809. The molecule has 0 bridgehead atoms. The van der Waals surface area contributed by atoms with Crippen LogP contribution in [0.4, 0.5) is 0 Å². The van der Waals surface area contributed by atoms with Crippen molar-refractivity contribution in [2.45, 2.75) is 0 Å². The van der Waals surface area contributed by atoms with E-state index < -0.39 is 5.97 Å². The summed E-state index contributed by atoms with van der Waals surface area (Å²) in [5.41, 5.74) is 1.29. The third kappa shape index (κ3) is 2.74. The quantitative estimate of drug-likeness (QED) is 0.466. The summed E-state index contributed by atoms with van der Waals surface area (Å²) in [6.07, 6.45) is 1.31. The Bertz CT molecular complexity index is 939. The summed E-state index contributed by atoms with van der Waals surface area (Å²) >= 11 is 24.7. The van der Waals surface area contributed by atoms with Crippen LogP contribution in [0.1, 0.15) is 10.4 Å². The van der Waals surface area contributed by atoms with E-state index in [1.807, 2.05) is 0 Å². The molecule has 0 aliphatic rings. The predicted molar refractivity (Wildman–Crippen MR) is 89.8 cm³/mol. The van der Waals surface area contributed by atoms with Crippen molar-refractivity contribution in [2.24, 2.45) is 0 Å². The number of methoxy groups -OCH3 is 1. The predicted octanol–water partition coefficient (Wildman–Crippen LogP) is 4.80. The summed E-state index contributed by atoms with van der Waals surface area (Å²) in [4.78, 5) is 15.9. The monoisotopic (exact) mass is 389 g/mol. The summed E-state index contributed by atoms with van der Waals surface area (Å²) in [7, 11) is 1.26. The van der Waals surface area contributed by atoms with E-state index in [1.165, 1.54) is 17.8 Å². The molecule has 3 rings (SSSR count). The number of fused-ring (bicyclic) bond motifs is 1. The van der Waals surface area contributed by atoms with Crippen molar-refractivity contribution < 1.29 is 9.53 Å². The van der Waals surface area contributed by atoms with Gasteiger partial charge < -0.3 is 4.74 Å². The Kier molecular flexibility index (Phi) is 4.38. The van der Waals surface area contributed by atoms with Gasteiger partial charge in [-0.3, -0.25) is 0 Å². The molecular weight excluding hydrogens is 384 g/mol. The van der Waals surface area contributed by atoms with Gasteiger partial charge >= 0.3 is 5.97 Å². The number of carbonyl (C=O) groups excluding carboxylic acids is 1. The number of carbonyl (C=O) groups is 1. The number of hydrogen-bond acceptors (Lipinski definition) is 4. The summed E-state index contributed by atoms with van der Waals surface area (Å²) < 4.78 is 5.97. The summed E-state index contributed by atoms with van der Waals surface area (Å²) in [5, 5.41) is 5.14. The number of nitrogens with zero attached hydrogens (tertiary/aromatic N) is 3. The van der Waals surface area contributed by atoms with Gasteiger partial charge in [0.05, 0.1) is 23.9 Å². The van der Waals surface area contributed by atoms with Crippen molar-refractivity contribution in [3.63, 3.8) is 0 Å².